The summed E-state index contributed by atoms with van der Waals surface area (Å²) in [6.45, 7) is 0.518. The maximum Gasteiger partial charge on any atom is 0.220 e. The van der Waals surface area contributed by atoms with Gasteiger partial charge in [0.15, 0.2) is 9.84 Å². The van der Waals surface area contributed by atoms with Crippen molar-refractivity contribution in [2.75, 3.05) is 32.3 Å². The van der Waals surface area contributed by atoms with Gasteiger partial charge in [-0.05, 0) is 36.8 Å². The van der Waals surface area contributed by atoms with Gasteiger partial charge in [0.25, 0.3) is 0 Å². The largest absolute Gasteiger partial charge is 0.497 e. The first kappa shape index (κ1) is 18.6. The minimum absolute atomic E-state index is 0.0354. The maximum absolute atomic E-state index is 11.9. The Morgan fingerprint density at radius 1 is 1.29 bits per heavy atom. The summed E-state index contributed by atoms with van der Waals surface area (Å²) in [5.41, 5.74) is 1.00. The molecule has 0 aliphatic carbocycles. The number of benzene rings is 1. The highest BCUT2D eigenvalue weighted by molar-refractivity contribution is 7.91. The molecule has 6 nitrogen and oxygen atoms in total. The summed E-state index contributed by atoms with van der Waals surface area (Å²) in [6, 6.07) is 5.60. The molecular formula is C17H25NO5S. The zero-order valence-corrected chi connectivity index (χ0v) is 15.0. The average molecular weight is 355 g/mol. The lowest BCUT2D eigenvalue weighted by Crippen LogP contribution is -2.26. The number of rotatable bonds is 8. The first-order chi connectivity index (χ1) is 11.4. The molecule has 1 atom stereocenters. The van der Waals surface area contributed by atoms with Crippen LogP contribution in [0.4, 0.5) is 0 Å². The van der Waals surface area contributed by atoms with Crippen LogP contribution in [-0.2, 0) is 21.1 Å². The van der Waals surface area contributed by atoms with E-state index in [1.807, 2.05) is 18.2 Å². The lowest BCUT2D eigenvalue weighted by atomic mass is 10.0. The molecule has 7 heteroatoms. The third kappa shape index (κ3) is 5.40. The van der Waals surface area contributed by atoms with Crippen LogP contribution in [0.1, 0.15) is 24.8 Å². The monoisotopic (exact) mass is 355 g/mol. The number of ether oxygens (including phenoxy) is 2. The SMILES string of the molecule is COc1ccc(CCNC(=O)CCC2CCS(=O)(=O)C2)c(OC)c1. The maximum atomic E-state index is 11.9. The topological polar surface area (TPSA) is 81.7 Å². The van der Waals surface area contributed by atoms with E-state index >= 15 is 0 Å². The Labute approximate surface area is 143 Å². The molecule has 1 fully saturated rings. The summed E-state index contributed by atoms with van der Waals surface area (Å²) in [7, 11) is 0.339. The van der Waals surface area contributed by atoms with Crippen molar-refractivity contribution in [1.29, 1.82) is 0 Å². The van der Waals surface area contributed by atoms with Crippen molar-refractivity contribution < 1.29 is 22.7 Å². The molecule has 24 heavy (non-hydrogen) atoms. The van der Waals surface area contributed by atoms with Crippen LogP contribution in [0.5, 0.6) is 11.5 Å². The van der Waals surface area contributed by atoms with Gasteiger partial charge in [0, 0.05) is 19.0 Å². The minimum atomic E-state index is -2.87. The fourth-order valence-electron chi connectivity index (χ4n) is 2.92. The smallest absolute Gasteiger partial charge is 0.220 e. The number of sulfone groups is 1. The highest BCUT2D eigenvalue weighted by Crippen LogP contribution is 2.25. The van der Waals surface area contributed by atoms with Gasteiger partial charge in [0.05, 0.1) is 25.7 Å². The highest BCUT2D eigenvalue weighted by Gasteiger charge is 2.27. The van der Waals surface area contributed by atoms with Gasteiger partial charge >= 0.3 is 0 Å². The van der Waals surface area contributed by atoms with Crippen LogP contribution >= 0.6 is 0 Å². The van der Waals surface area contributed by atoms with Gasteiger partial charge < -0.3 is 14.8 Å². The summed E-state index contributed by atoms with van der Waals surface area (Å²) >= 11 is 0. The van der Waals surface area contributed by atoms with Crippen LogP contribution in [0.15, 0.2) is 18.2 Å². The molecule has 2 rings (SSSR count). The van der Waals surface area contributed by atoms with Crippen LogP contribution in [0, 0.1) is 5.92 Å². The van der Waals surface area contributed by atoms with Crippen molar-refractivity contribution in [3.63, 3.8) is 0 Å². The third-order valence-corrected chi connectivity index (χ3v) is 6.15. The van der Waals surface area contributed by atoms with Crippen molar-refractivity contribution in [3.05, 3.63) is 23.8 Å². The minimum Gasteiger partial charge on any atom is -0.497 e. The van der Waals surface area contributed by atoms with E-state index in [9.17, 15) is 13.2 Å². The first-order valence-corrected chi connectivity index (χ1v) is 9.93. The molecule has 0 radical (unpaired) electrons. The third-order valence-electron chi connectivity index (χ3n) is 4.32. The summed E-state index contributed by atoms with van der Waals surface area (Å²) in [4.78, 5) is 11.9. The lowest BCUT2D eigenvalue weighted by molar-refractivity contribution is -0.121. The molecule has 0 bridgehead atoms. The van der Waals surface area contributed by atoms with E-state index in [-0.39, 0.29) is 23.3 Å². The predicted octanol–water partition coefficient (Wildman–Crippen LogP) is 1.58. The summed E-state index contributed by atoms with van der Waals surface area (Å²) in [6.07, 6.45) is 2.35. The molecule has 1 amide bonds. The van der Waals surface area contributed by atoms with Gasteiger partial charge in [-0.2, -0.15) is 0 Å². The number of hydrogen-bond donors (Lipinski definition) is 1. The van der Waals surface area contributed by atoms with E-state index in [0.29, 0.717) is 32.2 Å². The molecular weight excluding hydrogens is 330 g/mol. The van der Waals surface area contributed by atoms with Crippen molar-refractivity contribution >= 4 is 15.7 Å². The Hall–Kier alpha value is -1.76. The van der Waals surface area contributed by atoms with Crippen LogP contribution in [0.25, 0.3) is 0 Å². The van der Waals surface area contributed by atoms with E-state index in [4.69, 9.17) is 9.47 Å². The average Bonchev–Trinajstić information content (AvgIpc) is 2.92. The van der Waals surface area contributed by atoms with Crippen molar-refractivity contribution in [1.82, 2.24) is 5.32 Å². The van der Waals surface area contributed by atoms with E-state index in [1.54, 1.807) is 14.2 Å². The number of nitrogens with one attached hydrogen (secondary N) is 1. The Bertz CT molecular complexity index is 672. The molecule has 1 saturated heterocycles. The summed E-state index contributed by atoms with van der Waals surface area (Å²) in [5, 5.41) is 2.88. The van der Waals surface area contributed by atoms with Gasteiger partial charge in [-0.3, -0.25) is 4.79 Å². The number of carbonyl (C=O) groups is 1. The molecule has 1 N–H and O–H groups in total. The van der Waals surface area contributed by atoms with Gasteiger partial charge in [-0.25, -0.2) is 8.42 Å². The lowest BCUT2D eigenvalue weighted by Gasteiger charge is -2.11. The van der Waals surface area contributed by atoms with E-state index in [0.717, 1.165) is 17.1 Å². The number of carbonyl (C=O) groups excluding carboxylic acids is 1. The summed E-state index contributed by atoms with van der Waals surface area (Å²) in [5.74, 6) is 2.04. The van der Waals surface area contributed by atoms with Crippen molar-refractivity contribution in [2.45, 2.75) is 25.7 Å². The Kier molecular flexibility index (Phi) is 6.48. The zero-order chi connectivity index (χ0) is 17.6. The van der Waals surface area contributed by atoms with Gasteiger partial charge in [0.2, 0.25) is 5.91 Å². The molecule has 1 unspecified atom stereocenters. The highest BCUT2D eigenvalue weighted by atomic mass is 32.2. The fourth-order valence-corrected chi connectivity index (χ4v) is 4.83. The van der Waals surface area contributed by atoms with Gasteiger partial charge in [0.1, 0.15) is 11.5 Å². The molecule has 0 aromatic heterocycles. The van der Waals surface area contributed by atoms with Crippen LogP contribution in [0.2, 0.25) is 0 Å². The Balaban J connectivity index is 1.73. The Morgan fingerprint density at radius 2 is 2.08 bits per heavy atom. The fraction of sp³-hybridized carbons (Fsp3) is 0.588. The summed E-state index contributed by atoms with van der Waals surface area (Å²) < 4.78 is 33.3. The van der Waals surface area contributed by atoms with Crippen molar-refractivity contribution in [2.24, 2.45) is 5.92 Å². The second-order valence-corrected chi connectivity index (χ2v) is 8.31. The van der Waals surface area contributed by atoms with Crippen molar-refractivity contribution in [3.8, 4) is 11.5 Å². The molecule has 134 valence electrons. The molecule has 0 spiro atoms. The van der Waals surface area contributed by atoms with Crippen LogP contribution in [-0.4, -0.2) is 46.6 Å². The first-order valence-electron chi connectivity index (χ1n) is 8.11. The van der Waals surface area contributed by atoms with Gasteiger partial charge in [-0.15, -0.1) is 0 Å². The molecule has 1 heterocycles. The normalized spacial score (nSPS) is 19.0. The predicted molar refractivity (Wildman–Crippen MR) is 92.3 cm³/mol. The Morgan fingerprint density at radius 3 is 2.71 bits per heavy atom. The zero-order valence-electron chi connectivity index (χ0n) is 14.2. The number of hydrogen-bond acceptors (Lipinski definition) is 5. The molecule has 1 aromatic carbocycles. The van der Waals surface area contributed by atoms with E-state index in [2.05, 4.69) is 5.32 Å². The second-order valence-electron chi connectivity index (χ2n) is 6.09. The molecule has 0 saturated carbocycles. The van der Waals surface area contributed by atoms with Gasteiger partial charge in [-0.1, -0.05) is 6.07 Å². The van der Waals surface area contributed by atoms with Crippen LogP contribution in [0.3, 0.4) is 0 Å². The number of amides is 1. The molecule has 1 aliphatic heterocycles. The van der Waals surface area contributed by atoms with E-state index < -0.39 is 9.84 Å². The number of methoxy groups -OCH3 is 2. The molecule has 1 aliphatic rings. The second kappa shape index (κ2) is 8.37. The quantitative estimate of drug-likeness (QED) is 0.766. The van der Waals surface area contributed by atoms with Crippen LogP contribution < -0.4 is 14.8 Å². The molecule has 1 aromatic rings. The van der Waals surface area contributed by atoms with E-state index in [1.165, 1.54) is 0 Å². The standard InChI is InChI=1S/C17H25NO5S/c1-22-15-5-4-14(16(11-15)23-2)7-9-18-17(19)6-3-13-8-10-24(20,21)12-13/h4-5,11,13H,3,6-10,12H2,1-2H3,(H,18,19).